The molecule has 1 aromatic carbocycles. The van der Waals surface area contributed by atoms with Gasteiger partial charge < -0.3 is 4.57 Å². The summed E-state index contributed by atoms with van der Waals surface area (Å²) in [5.41, 5.74) is 5.44. The van der Waals surface area contributed by atoms with E-state index in [4.69, 9.17) is 5.84 Å². The Morgan fingerprint density at radius 3 is 2.82 bits per heavy atom. The SMILES string of the molecule is Cn1c(-c2csc(NN)n2)nc2ccccc21. The molecule has 0 aliphatic carbocycles. The molecule has 3 aromatic rings. The first-order chi connectivity index (χ1) is 8.29. The van der Waals surface area contributed by atoms with Gasteiger partial charge in [-0.3, -0.25) is 5.43 Å². The fourth-order valence-corrected chi connectivity index (χ4v) is 2.42. The number of fused-ring (bicyclic) bond motifs is 1. The van der Waals surface area contributed by atoms with E-state index in [0.29, 0.717) is 5.13 Å². The van der Waals surface area contributed by atoms with Crippen LogP contribution in [0, 0.1) is 0 Å². The fourth-order valence-electron chi connectivity index (χ4n) is 1.82. The maximum absolute atomic E-state index is 5.33. The second-order valence-corrected chi connectivity index (χ2v) is 4.52. The molecular weight excluding hydrogens is 234 g/mol. The lowest BCUT2D eigenvalue weighted by atomic mass is 10.3. The van der Waals surface area contributed by atoms with E-state index in [1.165, 1.54) is 11.3 Å². The molecule has 0 bridgehead atoms. The zero-order valence-corrected chi connectivity index (χ0v) is 10.0. The van der Waals surface area contributed by atoms with Crippen LogP contribution >= 0.6 is 11.3 Å². The molecule has 17 heavy (non-hydrogen) atoms. The van der Waals surface area contributed by atoms with E-state index in [1.807, 2.05) is 41.3 Å². The van der Waals surface area contributed by atoms with Crippen molar-refractivity contribution < 1.29 is 0 Å². The van der Waals surface area contributed by atoms with Crippen LogP contribution in [0.5, 0.6) is 0 Å². The lowest BCUT2D eigenvalue weighted by molar-refractivity contribution is 0.953. The minimum Gasteiger partial charge on any atom is -0.326 e. The molecule has 3 rings (SSSR count). The number of hydrogen-bond donors (Lipinski definition) is 2. The molecule has 5 nitrogen and oxygen atoms in total. The largest absolute Gasteiger partial charge is 0.326 e. The molecule has 2 heterocycles. The molecule has 0 spiro atoms. The fraction of sp³-hybridized carbons (Fsp3) is 0.0909. The summed E-state index contributed by atoms with van der Waals surface area (Å²) in [5.74, 6) is 6.18. The molecular formula is C11H11N5S. The Labute approximate surface area is 102 Å². The van der Waals surface area contributed by atoms with Crippen molar-refractivity contribution in [3.05, 3.63) is 29.6 Å². The molecule has 0 unspecified atom stereocenters. The standard InChI is InChI=1S/C11H11N5S/c1-16-9-5-3-2-4-7(9)13-10(16)8-6-17-11(14-8)15-12/h2-6H,12H2,1H3,(H,14,15). The van der Waals surface area contributed by atoms with Crippen LogP contribution < -0.4 is 11.3 Å². The van der Waals surface area contributed by atoms with Gasteiger partial charge in [-0.25, -0.2) is 15.8 Å². The second kappa shape index (κ2) is 3.83. The Morgan fingerprint density at radius 2 is 2.12 bits per heavy atom. The first-order valence-electron chi connectivity index (χ1n) is 5.13. The van der Waals surface area contributed by atoms with E-state index in [9.17, 15) is 0 Å². The van der Waals surface area contributed by atoms with Crippen molar-refractivity contribution in [3.8, 4) is 11.5 Å². The van der Waals surface area contributed by atoms with Crippen LogP contribution in [0.2, 0.25) is 0 Å². The van der Waals surface area contributed by atoms with Crippen molar-refractivity contribution in [2.45, 2.75) is 0 Å². The molecule has 0 radical (unpaired) electrons. The number of imidazole rings is 1. The summed E-state index contributed by atoms with van der Waals surface area (Å²) in [6.07, 6.45) is 0. The van der Waals surface area contributed by atoms with Gasteiger partial charge in [-0.1, -0.05) is 12.1 Å². The van der Waals surface area contributed by atoms with Crippen molar-refractivity contribution in [1.82, 2.24) is 14.5 Å². The van der Waals surface area contributed by atoms with Crippen molar-refractivity contribution in [2.75, 3.05) is 5.43 Å². The predicted octanol–water partition coefficient (Wildman–Crippen LogP) is 1.98. The highest BCUT2D eigenvalue weighted by Crippen LogP contribution is 2.26. The maximum atomic E-state index is 5.33. The number of nitrogens with zero attached hydrogens (tertiary/aromatic N) is 3. The normalized spacial score (nSPS) is 10.9. The van der Waals surface area contributed by atoms with Gasteiger partial charge in [0, 0.05) is 12.4 Å². The van der Waals surface area contributed by atoms with Gasteiger partial charge in [0.1, 0.15) is 5.69 Å². The van der Waals surface area contributed by atoms with Crippen molar-refractivity contribution >= 4 is 27.5 Å². The number of aromatic nitrogens is 3. The number of thiazole rings is 1. The van der Waals surface area contributed by atoms with E-state index in [1.54, 1.807) is 0 Å². The van der Waals surface area contributed by atoms with E-state index in [2.05, 4.69) is 15.4 Å². The summed E-state index contributed by atoms with van der Waals surface area (Å²) < 4.78 is 2.03. The second-order valence-electron chi connectivity index (χ2n) is 3.67. The zero-order chi connectivity index (χ0) is 11.8. The number of benzene rings is 1. The van der Waals surface area contributed by atoms with Gasteiger partial charge in [-0.2, -0.15) is 0 Å². The molecule has 6 heteroatoms. The van der Waals surface area contributed by atoms with Gasteiger partial charge in [-0.05, 0) is 12.1 Å². The number of hydrazine groups is 1. The van der Waals surface area contributed by atoms with Gasteiger partial charge in [0.15, 0.2) is 11.0 Å². The summed E-state index contributed by atoms with van der Waals surface area (Å²) in [5, 5.41) is 2.63. The zero-order valence-electron chi connectivity index (χ0n) is 9.21. The molecule has 0 fully saturated rings. The summed E-state index contributed by atoms with van der Waals surface area (Å²) >= 11 is 1.46. The third-order valence-corrected chi connectivity index (χ3v) is 3.42. The number of nitrogens with one attached hydrogen (secondary N) is 1. The summed E-state index contributed by atoms with van der Waals surface area (Å²) in [7, 11) is 1.99. The maximum Gasteiger partial charge on any atom is 0.197 e. The first kappa shape index (κ1) is 10.2. The number of rotatable bonds is 2. The lowest BCUT2D eigenvalue weighted by Gasteiger charge is -1.98. The number of para-hydroxylation sites is 2. The van der Waals surface area contributed by atoms with Crippen LogP contribution in [0.15, 0.2) is 29.6 Å². The highest BCUT2D eigenvalue weighted by molar-refractivity contribution is 7.14. The minimum absolute atomic E-state index is 0.687. The predicted molar refractivity (Wildman–Crippen MR) is 69.6 cm³/mol. The Bertz CT molecular complexity index is 669. The molecule has 2 aromatic heterocycles. The molecule has 86 valence electrons. The number of nitrogen functional groups attached to an aromatic ring is 1. The third-order valence-electron chi connectivity index (χ3n) is 2.64. The highest BCUT2D eigenvalue weighted by Gasteiger charge is 2.12. The average Bonchev–Trinajstić information content (AvgIpc) is 2.95. The minimum atomic E-state index is 0.687. The van der Waals surface area contributed by atoms with Gasteiger partial charge in [0.05, 0.1) is 11.0 Å². The van der Waals surface area contributed by atoms with E-state index < -0.39 is 0 Å². The monoisotopic (exact) mass is 245 g/mol. The smallest absolute Gasteiger partial charge is 0.197 e. The summed E-state index contributed by atoms with van der Waals surface area (Å²) in [6, 6.07) is 8.02. The van der Waals surface area contributed by atoms with Crippen molar-refractivity contribution in [2.24, 2.45) is 12.9 Å². The highest BCUT2D eigenvalue weighted by atomic mass is 32.1. The molecule has 0 atom stereocenters. The summed E-state index contributed by atoms with van der Waals surface area (Å²) in [6.45, 7) is 0. The molecule has 0 saturated heterocycles. The molecule has 0 amide bonds. The summed E-state index contributed by atoms with van der Waals surface area (Å²) in [4.78, 5) is 8.92. The average molecular weight is 245 g/mol. The molecule has 0 aliphatic heterocycles. The Hall–Kier alpha value is -1.92. The van der Waals surface area contributed by atoms with Crippen LogP contribution in [-0.4, -0.2) is 14.5 Å². The Balaban J connectivity index is 2.20. The van der Waals surface area contributed by atoms with Crippen LogP contribution in [0.3, 0.4) is 0 Å². The van der Waals surface area contributed by atoms with Crippen LogP contribution in [-0.2, 0) is 7.05 Å². The third kappa shape index (κ3) is 1.58. The van der Waals surface area contributed by atoms with E-state index in [0.717, 1.165) is 22.6 Å². The van der Waals surface area contributed by atoms with Gasteiger partial charge in [-0.15, -0.1) is 11.3 Å². The van der Waals surface area contributed by atoms with Gasteiger partial charge in [0.25, 0.3) is 0 Å². The number of hydrogen-bond acceptors (Lipinski definition) is 5. The van der Waals surface area contributed by atoms with Crippen molar-refractivity contribution in [3.63, 3.8) is 0 Å². The quantitative estimate of drug-likeness (QED) is 0.535. The Kier molecular flexibility index (Phi) is 2.31. The Morgan fingerprint density at radius 1 is 1.29 bits per heavy atom. The van der Waals surface area contributed by atoms with Crippen molar-refractivity contribution in [1.29, 1.82) is 0 Å². The van der Waals surface area contributed by atoms with E-state index in [-0.39, 0.29) is 0 Å². The van der Waals surface area contributed by atoms with Crippen LogP contribution in [0.4, 0.5) is 5.13 Å². The van der Waals surface area contributed by atoms with E-state index >= 15 is 0 Å². The topological polar surface area (TPSA) is 68.8 Å². The lowest BCUT2D eigenvalue weighted by Crippen LogP contribution is -2.06. The number of aryl methyl sites for hydroxylation is 1. The van der Waals surface area contributed by atoms with Gasteiger partial charge in [0.2, 0.25) is 0 Å². The number of anilines is 1. The first-order valence-corrected chi connectivity index (χ1v) is 6.01. The molecule has 0 aliphatic rings. The molecule has 3 N–H and O–H groups in total. The van der Waals surface area contributed by atoms with Gasteiger partial charge >= 0.3 is 0 Å². The molecule has 0 saturated carbocycles. The van der Waals surface area contributed by atoms with Crippen LogP contribution in [0.1, 0.15) is 0 Å². The van der Waals surface area contributed by atoms with Crippen LogP contribution in [0.25, 0.3) is 22.6 Å². The number of nitrogens with two attached hydrogens (primary N) is 1.